The Hall–Kier alpha value is -2.72. The number of nitrogens with zero attached hydrogens (tertiary/aromatic N) is 2. The van der Waals surface area contributed by atoms with Crippen LogP contribution in [-0.2, 0) is 0 Å². The fraction of sp³-hybridized carbons (Fsp3) is 0.143. The van der Waals surface area contributed by atoms with Gasteiger partial charge in [0.1, 0.15) is 0 Å². The number of carbonyl (C=O) groups is 1. The molecular formula is C21H18N2OS. The maximum atomic E-state index is 13.1. The highest BCUT2D eigenvalue weighted by Gasteiger charge is 2.33. The Balaban J connectivity index is 1.71. The van der Waals surface area contributed by atoms with Gasteiger partial charge >= 0.3 is 0 Å². The molecule has 0 bridgehead atoms. The molecule has 0 saturated carbocycles. The molecule has 4 rings (SSSR count). The molecule has 2 heterocycles. The molecule has 3 nitrogen and oxygen atoms in total. The largest absolute Gasteiger partial charge is 0.274 e. The van der Waals surface area contributed by atoms with E-state index in [9.17, 15) is 4.79 Å². The topological polar surface area (TPSA) is 32.7 Å². The van der Waals surface area contributed by atoms with Crippen LogP contribution in [0.3, 0.4) is 0 Å². The zero-order valence-corrected chi connectivity index (χ0v) is 14.7. The molecule has 1 amide bonds. The van der Waals surface area contributed by atoms with Gasteiger partial charge in [-0.3, -0.25) is 4.79 Å². The number of amides is 1. The lowest BCUT2D eigenvalue weighted by Crippen LogP contribution is -2.27. The molecule has 1 aromatic heterocycles. The minimum absolute atomic E-state index is 0.0552. The molecule has 0 spiro atoms. The number of rotatable bonds is 3. The Labute approximate surface area is 151 Å². The average molecular weight is 346 g/mol. The van der Waals surface area contributed by atoms with E-state index in [0.29, 0.717) is 5.56 Å². The maximum Gasteiger partial charge on any atom is 0.274 e. The highest BCUT2D eigenvalue weighted by atomic mass is 32.1. The normalized spacial score (nSPS) is 16.8. The summed E-state index contributed by atoms with van der Waals surface area (Å²) in [6.45, 7) is 2.02. The van der Waals surface area contributed by atoms with E-state index < -0.39 is 0 Å². The summed E-state index contributed by atoms with van der Waals surface area (Å²) in [6, 6.07) is 21.8. The van der Waals surface area contributed by atoms with Crippen molar-refractivity contribution < 1.29 is 4.79 Å². The van der Waals surface area contributed by atoms with Crippen LogP contribution in [0.2, 0.25) is 0 Å². The van der Waals surface area contributed by atoms with E-state index in [1.807, 2.05) is 60.8 Å². The third-order valence-corrected chi connectivity index (χ3v) is 5.33. The Morgan fingerprint density at radius 2 is 1.80 bits per heavy atom. The first kappa shape index (κ1) is 15.8. The lowest BCUT2D eigenvalue weighted by Gasteiger charge is -2.22. The number of hydrogen-bond acceptors (Lipinski definition) is 3. The summed E-state index contributed by atoms with van der Waals surface area (Å²) in [5, 5.41) is 8.39. The Morgan fingerprint density at radius 3 is 2.48 bits per heavy atom. The van der Waals surface area contributed by atoms with Crippen molar-refractivity contribution in [1.29, 1.82) is 0 Å². The molecule has 1 unspecified atom stereocenters. The molecule has 1 aliphatic heterocycles. The van der Waals surface area contributed by atoms with Gasteiger partial charge < -0.3 is 0 Å². The van der Waals surface area contributed by atoms with Crippen molar-refractivity contribution in [3.8, 4) is 0 Å². The number of aryl methyl sites for hydroxylation is 1. The molecular weight excluding hydrogens is 328 g/mol. The van der Waals surface area contributed by atoms with Crippen LogP contribution in [-0.4, -0.2) is 16.6 Å². The Morgan fingerprint density at radius 1 is 1.04 bits per heavy atom. The van der Waals surface area contributed by atoms with Crippen LogP contribution in [0.15, 0.2) is 77.2 Å². The maximum absolute atomic E-state index is 13.1. The van der Waals surface area contributed by atoms with E-state index in [2.05, 4.69) is 18.2 Å². The van der Waals surface area contributed by atoms with Crippen molar-refractivity contribution in [2.45, 2.75) is 19.4 Å². The van der Waals surface area contributed by atoms with Crippen LogP contribution in [0.25, 0.3) is 0 Å². The van der Waals surface area contributed by atoms with Gasteiger partial charge in [-0.25, -0.2) is 5.01 Å². The second-order valence-electron chi connectivity index (χ2n) is 6.17. The first-order valence-corrected chi connectivity index (χ1v) is 9.17. The van der Waals surface area contributed by atoms with Gasteiger partial charge in [-0.15, -0.1) is 11.3 Å². The average Bonchev–Trinajstić information content (AvgIpc) is 3.32. The van der Waals surface area contributed by atoms with Gasteiger partial charge in [0.15, 0.2) is 0 Å². The molecule has 1 atom stereocenters. The van der Waals surface area contributed by atoms with E-state index in [4.69, 9.17) is 5.10 Å². The van der Waals surface area contributed by atoms with Gasteiger partial charge in [0.25, 0.3) is 5.91 Å². The van der Waals surface area contributed by atoms with Crippen molar-refractivity contribution in [2.24, 2.45) is 5.10 Å². The van der Waals surface area contributed by atoms with Crippen molar-refractivity contribution >= 4 is 23.0 Å². The third kappa shape index (κ3) is 3.13. The predicted octanol–water partition coefficient (Wildman–Crippen LogP) is 5.05. The zero-order chi connectivity index (χ0) is 17.2. The summed E-state index contributed by atoms with van der Waals surface area (Å²) in [5.74, 6) is -0.0552. The summed E-state index contributed by atoms with van der Waals surface area (Å²) in [4.78, 5) is 14.2. The summed E-state index contributed by atoms with van der Waals surface area (Å²) < 4.78 is 0. The van der Waals surface area contributed by atoms with E-state index in [-0.39, 0.29) is 11.9 Å². The number of carbonyl (C=O) groups excluding carboxylic acids is 1. The SMILES string of the molecule is Cc1ccc(C(=O)N2N=C(c3cccs3)CC2c2ccccc2)cc1. The summed E-state index contributed by atoms with van der Waals surface area (Å²) in [6.07, 6.45) is 0.738. The molecule has 2 aromatic carbocycles. The lowest BCUT2D eigenvalue weighted by molar-refractivity contribution is 0.0711. The molecule has 0 fully saturated rings. The minimum Gasteiger partial charge on any atom is -0.267 e. The Bertz CT molecular complexity index is 899. The molecule has 124 valence electrons. The van der Waals surface area contributed by atoms with Gasteiger partial charge in [0.05, 0.1) is 16.6 Å². The molecule has 0 N–H and O–H groups in total. The Kier molecular flexibility index (Phi) is 4.20. The molecule has 3 aromatic rings. The van der Waals surface area contributed by atoms with Gasteiger partial charge in [-0.1, -0.05) is 54.1 Å². The molecule has 4 heteroatoms. The summed E-state index contributed by atoms with van der Waals surface area (Å²) >= 11 is 1.66. The highest BCUT2D eigenvalue weighted by Crippen LogP contribution is 2.34. The van der Waals surface area contributed by atoms with Gasteiger partial charge in [-0.05, 0) is 36.1 Å². The second-order valence-corrected chi connectivity index (χ2v) is 7.12. The van der Waals surface area contributed by atoms with Crippen molar-refractivity contribution in [3.05, 3.63) is 93.7 Å². The predicted molar refractivity (Wildman–Crippen MR) is 102 cm³/mol. The van der Waals surface area contributed by atoms with E-state index in [0.717, 1.165) is 28.1 Å². The number of thiophene rings is 1. The molecule has 25 heavy (non-hydrogen) atoms. The molecule has 0 radical (unpaired) electrons. The van der Waals surface area contributed by atoms with E-state index in [1.165, 1.54) is 0 Å². The van der Waals surface area contributed by atoms with E-state index in [1.54, 1.807) is 16.3 Å². The van der Waals surface area contributed by atoms with Crippen LogP contribution in [0.1, 0.15) is 38.8 Å². The minimum atomic E-state index is -0.0629. The van der Waals surface area contributed by atoms with Gasteiger partial charge in [-0.2, -0.15) is 5.10 Å². The highest BCUT2D eigenvalue weighted by molar-refractivity contribution is 7.12. The molecule has 0 saturated heterocycles. The standard InChI is InChI=1S/C21H18N2OS/c1-15-9-11-17(12-10-15)21(24)23-19(16-6-3-2-4-7-16)14-18(22-23)20-8-5-13-25-20/h2-13,19H,14H2,1H3. The van der Waals surface area contributed by atoms with Gasteiger partial charge in [0.2, 0.25) is 0 Å². The van der Waals surface area contributed by atoms with Crippen molar-refractivity contribution in [3.63, 3.8) is 0 Å². The summed E-state index contributed by atoms with van der Waals surface area (Å²) in [5.41, 5.74) is 3.89. The van der Waals surface area contributed by atoms with Crippen LogP contribution in [0, 0.1) is 6.92 Å². The quantitative estimate of drug-likeness (QED) is 0.653. The zero-order valence-electron chi connectivity index (χ0n) is 13.9. The van der Waals surface area contributed by atoms with Crippen LogP contribution in [0.5, 0.6) is 0 Å². The molecule has 0 aliphatic carbocycles. The first-order valence-electron chi connectivity index (χ1n) is 8.29. The fourth-order valence-electron chi connectivity index (χ4n) is 3.05. The van der Waals surface area contributed by atoms with Crippen molar-refractivity contribution in [1.82, 2.24) is 5.01 Å². The van der Waals surface area contributed by atoms with Crippen LogP contribution < -0.4 is 0 Å². The van der Waals surface area contributed by atoms with E-state index >= 15 is 0 Å². The third-order valence-electron chi connectivity index (χ3n) is 4.41. The molecule has 1 aliphatic rings. The number of hydrazone groups is 1. The number of hydrogen-bond donors (Lipinski definition) is 0. The van der Waals surface area contributed by atoms with Gasteiger partial charge in [0, 0.05) is 12.0 Å². The second kappa shape index (κ2) is 6.65. The lowest BCUT2D eigenvalue weighted by atomic mass is 10.0. The van der Waals surface area contributed by atoms with Crippen LogP contribution >= 0.6 is 11.3 Å². The monoisotopic (exact) mass is 346 g/mol. The van der Waals surface area contributed by atoms with Crippen molar-refractivity contribution in [2.75, 3.05) is 0 Å². The first-order chi connectivity index (χ1) is 12.2. The smallest absolute Gasteiger partial charge is 0.267 e. The summed E-state index contributed by atoms with van der Waals surface area (Å²) in [7, 11) is 0. The van der Waals surface area contributed by atoms with Crippen LogP contribution in [0.4, 0.5) is 0 Å². The fourth-order valence-corrected chi connectivity index (χ4v) is 3.77. The number of benzene rings is 2.